The monoisotopic (exact) mass is 426 g/mol. The molecular weight excluding hydrogens is 388 g/mol. The van der Waals surface area contributed by atoms with E-state index in [1.54, 1.807) is 21.3 Å². The summed E-state index contributed by atoms with van der Waals surface area (Å²) >= 11 is 0. The van der Waals surface area contributed by atoms with Crippen molar-refractivity contribution in [3.05, 3.63) is 23.8 Å². The number of aliphatic hydroxyl groups is 1. The molecule has 8 heteroatoms. The van der Waals surface area contributed by atoms with E-state index in [9.17, 15) is 15.0 Å². The number of methoxy groups -OCH3 is 2. The Kier molecular flexibility index (Phi) is 12.2. The molecule has 8 nitrogen and oxygen atoms in total. The minimum atomic E-state index is -1.13. The molecule has 0 aromatic heterocycles. The topological polar surface area (TPSA) is 109 Å². The first-order valence-corrected chi connectivity index (χ1v) is 10.4. The highest BCUT2D eigenvalue weighted by molar-refractivity contribution is 5.64. The van der Waals surface area contributed by atoms with Gasteiger partial charge in [-0.2, -0.15) is 0 Å². The maximum atomic E-state index is 11.2. The molecule has 0 spiro atoms. The van der Waals surface area contributed by atoms with E-state index >= 15 is 0 Å². The molecule has 1 aromatic carbocycles. The Morgan fingerprint density at radius 3 is 2.47 bits per heavy atom. The zero-order valence-electron chi connectivity index (χ0n) is 18.8. The Bertz CT molecular complexity index is 626. The Morgan fingerprint density at radius 1 is 1.17 bits per heavy atom. The normalized spacial score (nSPS) is 14.2. The van der Waals surface area contributed by atoms with Gasteiger partial charge < -0.3 is 35.1 Å². The van der Waals surface area contributed by atoms with Gasteiger partial charge in [0, 0.05) is 26.7 Å². The van der Waals surface area contributed by atoms with Crippen LogP contribution in [0.3, 0.4) is 0 Å². The number of likely N-dealkylation sites (N-methyl/N-ethyl adjacent to an activating group) is 1. The number of hydrogen-bond donors (Lipinski definition) is 4. The molecule has 30 heavy (non-hydrogen) atoms. The molecule has 1 aromatic rings. The second-order valence-corrected chi connectivity index (χ2v) is 7.80. The van der Waals surface area contributed by atoms with Crippen LogP contribution in [0.4, 0.5) is 4.79 Å². The molecule has 172 valence electrons. The van der Waals surface area contributed by atoms with Crippen molar-refractivity contribution in [3.63, 3.8) is 0 Å². The summed E-state index contributed by atoms with van der Waals surface area (Å²) in [5.41, 5.74) is 1.08. The molecule has 1 amide bonds. The van der Waals surface area contributed by atoms with Crippen LogP contribution in [0.5, 0.6) is 11.5 Å². The first-order chi connectivity index (χ1) is 14.3. The zero-order valence-corrected chi connectivity index (χ0v) is 18.8. The SMILES string of the molecule is CNC[C@@H](O)[C@H](C[C@@H](Cc1ccc(OC)c(OCCCOC)c1)C(C)C)NC(=O)O. The predicted molar refractivity (Wildman–Crippen MR) is 117 cm³/mol. The number of hydrogen-bond acceptors (Lipinski definition) is 6. The molecule has 0 radical (unpaired) electrons. The standard InChI is InChI=1S/C22H38N2O6/c1-15(2)17(13-18(24-22(26)27)19(25)14-23-3)11-16-7-8-20(29-5)21(12-16)30-10-6-9-28-4/h7-8,12,15,17-19,23-25H,6,9-11,13-14H2,1-5H3,(H,26,27)/t17-,18+,19-/m1/s1. The molecule has 0 aliphatic heterocycles. The molecule has 0 saturated carbocycles. The van der Waals surface area contributed by atoms with E-state index in [0.717, 1.165) is 18.4 Å². The van der Waals surface area contributed by atoms with Crippen molar-refractivity contribution in [1.82, 2.24) is 10.6 Å². The maximum absolute atomic E-state index is 11.2. The van der Waals surface area contributed by atoms with E-state index in [1.165, 1.54) is 0 Å². The maximum Gasteiger partial charge on any atom is 0.404 e. The van der Waals surface area contributed by atoms with Gasteiger partial charge in [-0.1, -0.05) is 19.9 Å². The van der Waals surface area contributed by atoms with Gasteiger partial charge >= 0.3 is 6.09 Å². The van der Waals surface area contributed by atoms with Crippen LogP contribution in [0.25, 0.3) is 0 Å². The Labute approximate surface area is 179 Å². The first-order valence-electron chi connectivity index (χ1n) is 10.4. The summed E-state index contributed by atoms with van der Waals surface area (Å²) in [6, 6.07) is 5.32. The third kappa shape index (κ3) is 9.19. The summed E-state index contributed by atoms with van der Waals surface area (Å²) in [5, 5.41) is 24.9. The van der Waals surface area contributed by atoms with Gasteiger partial charge in [0.15, 0.2) is 11.5 Å². The van der Waals surface area contributed by atoms with Gasteiger partial charge in [0.25, 0.3) is 0 Å². The first kappa shape index (κ1) is 26.0. The number of carbonyl (C=O) groups is 1. The van der Waals surface area contributed by atoms with Gasteiger partial charge in [-0.15, -0.1) is 0 Å². The number of nitrogens with one attached hydrogen (secondary N) is 2. The Balaban J connectivity index is 2.93. The molecule has 3 atom stereocenters. The van der Waals surface area contributed by atoms with Crippen LogP contribution in [0.1, 0.15) is 32.3 Å². The van der Waals surface area contributed by atoms with E-state index < -0.39 is 18.2 Å². The lowest BCUT2D eigenvalue weighted by molar-refractivity contribution is 0.103. The van der Waals surface area contributed by atoms with Crippen LogP contribution in [0, 0.1) is 11.8 Å². The highest BCUT2D eigenvalue weighted by Crippen LogP contribution is 2.31. The lowest BCUT2D eigenvalue weighted by Crippen LogP contribution is -2.48. The van der Waals surface area contributed by atoms with Gasteiger partial charge in [0.1, 0.15) is 0 Å². The van der Waals surface area contributed by atoms with Crippen LogP contribution < -0.4 is 20.1 Å². The number of ether oxygens (including phenoxy) is 3. The van der Waals surface area contributed by atoms with Crippen molar-refractivity contribution >= 4 is 6.09 Å². The van der Waals surface area contributed by atoms with E-state index in [1.807, 2.05) is 18.2 Å². The second kappa shape index (κ2) is 14.1. The largest absolute Gasteiger partial charge is 0.493 e. The van der Waals surface area contributed by atoms with Crippen molar-refractivity contribution < 1.29 is 29.2 Å². The quantitative estimate of drug-likeness (QED) is 0.319. The minimum Gasteiger partial charge on any atom is -0.493 e. The van der Waals surface area contributed by atoms with Gasteiger partial charge in [-0.25, -0.2) is 4.79 Å². The van der Waals surface area contributed by atoms with Crippen molar-refractivity contribution in [3.8, 4) is 11.5 Å². The van der Waals surface area contributed by atoms with Crippen LogP contribution >= 0.6 is 0 Å². The van der Waals surface area contributed by atoms with Crippen molar-refractivity contribution in [2.75, 3.05) is 41.0 Å². The van der Waals surface area contributed by atoms with Crippen LogP contribution in [-0.4, -0.2) is 69.5 Å². The fourth-order valence-corrected chi connectivity index (χ4v) is 3.39. The number of benzene rings is 1. The average molecular weight is 427 g/mol. The molecule has 0 aliphatic carbocycles. The minimum absolute atomic E-state index is 0.170. The molecule has 0 unspecified atom stereocenters. The third-order valence-corrected chi connectivity index (χ3v) is 5.16. The van der Waals surface area contributed by atoms with Gasteiger partial charge in [0.05, 0.1) is 25.9 Å². The third-order valence-electron chi connectivity index (χ3n) is 5.16. The summed E-state index contributed by atoms with van der Waals surface area (Å²) in [6.07, 6.45) is 0.115. The van der Waals surface area contributed by atoms with Crippen molar-refractivity contribution in [2.24, 2.45) is 11.8 Å². The molecule has 0 aliphatic rings. The van der Waals surface area contributed by atoms with E-state index in [4.69, 9.17) is 14.2 Å². The van der Waals surface area contributed by atoms with Crippen molar-refractivity contribution in [2.45, 2.75) is 45.3 Å². The van der Waals surface area contributed by atoms with E-state index in [-0.39, 0.29) is 5.92 Å². The van der Waals surface area contributed by atoms with Crippen LogP contribution in [-0.2, 0) is 11.2 Å². The lowest BCUT2D eigenvalue weighted by Gasteiger charge is -2.29. The van der Waals surface area contributed by atoms with Gasteiger partial charge in [-0.05, 0) is 49.4 Å². The molecule has 4 N–H and O–H groups in total. The second-order valence-electron chi connectivity index (χ2n) is 7.80. The zero-order chi connectivity index (χ0) is 22.5. The molecule has 0 fully saturated rings. The molecule has 0 bridgehead atoms. The van der Waals surface area contributed by atoms with Crippen LogP contribution in [0.2, 0.25) is 0 Å². The summed E-state index contributed by atoms with van der Waals surface area (Å²) in [7, 11) is 5.00. The van der Waals surface area contributed by atoms with Gasteiger partial charge in [-0.3, -0.25) is 0 Å². The summed E-state index contributed by atoms with van der Waals surface area (Å²) in [6.45, 7) is 5.70. The Hall–Kier alpha value is -2.03. The summed E-state index contributed by atoms with van der Waals surface area (Å²) in [4.78, 5) is 11.2. The fourth-order valence-electron chi connectivity index (χ4n) is 3.39. The number of amides is 1. The lowest BCUT2D eigenvalue weighted by atomic mass is 9.83. The highest BCUT2D eigenvalue weighted by Gasteiger charge is 2.26. The molecular formula is C22H38N2O6. The van der Waals surface area contributed by atoms with Crippen molar-refractivity contribution in [1.29, 1.82) is 0 Å². The summed E-state index contributed by atoms with van der Waals surface area (Å²) < 4.78 is 16.3. The smallest absolute Gasteiger partial charge is 0.404 e. The van der Waals surface area contributed by atoms with E-state index in [2.05, 4.69) is 24.5 Å². The average Bonchev–Trinajstić information content (AvgIpc) is 2.70. The highest BCUT2D eigenvalue weighted by atomic mass is 16.5. The molecule has 0 saturated heterocycles. The van der Waals surface area contributed by atoms with Crippen LogP contribution in [0.15, 0.2) is 18.2 Å². The van der Waals surface area contributed by atoms with E-state index in [0.29, 0.717) is 43.6 Å². The van der Waals surface area contributed by atoms with Gasteiger partial charge in [0.2, 0.25) is 0 Å². The number of carboxylic acid groups (broad SMARTS) is 1. The molecule has 1 rings (SSSR count). The summed E-state index contributed by atoms with van der Waals surface area (Å²) in [5.74, 6) is 1.83. The molecule has 0 heterocycles. The number of aliphatic hydroxyl groups excluding tert-OH is 1. The number of rotatable bonds is 15. The fraction of sp³-hybridized carbons (Fsp3) is 0.682. The predicted octanol–water partition coefficient (Wildman–Crippen LogP) is 2.53. The Morgan fingerprint density at radius 2 is 1.90 bits per heavy atom.